The lowest BCUT2D eigenvalue weighted by atomic mass is 10.1. The van der Waals surface area contributed by atoms with Crippen molar-refractivity contribution in [3.05, 3.63) is 33.2 Å². The normalized spacial score (nSPS) is 12.6. The Kier molecular flexibility index (Phi) is 4.81. The number of nitrogens with one attached hydrogen (secondary N) is 1. The van der Waals surface area contributed by atoms with Crippen molar-refractivity contribution in [2.75, 3.05) is 7.11 Å². The fourth-order valence-corrected chi connectivity index (χ4v) is 3.19. The first-order chi connectivity index (χ1) is 9.22. The summed E-state index contributed by atoms with van der Waals surface area (Å²) >= 11 is 7.82. The molecule has 2 rings (SSSR count). The van der Waals surface area contributed by atoms with Crippen LogP contribution >= 0.6 is 22.9 Å². The fraction of sp³-hybridized carbons (Fsp3) is 0.417. The molecule has 2 aromatic heterocycles. The molecule has 7 heteroatoms. The summed E-state index contributed by atoms with van der Waals surface area (Å²) in [6.07, 6.45) is 2.63. The van der Waals surface area contributed by atoms with Crippen molar-refractivity contribution in [2.24, 2.45) is 5.84 Å². The van der Waals surface area contributed by atoms with Crippen molar-refractivity contribution in [1.29, 1.82) is 0 Å². The predicted molar refractivity (Wildman–Crippen MR) is 77.6 cm³/mol. The lowest BCUT2D eigenvalue weighted by Gasteiger charge is -2.18. The number of aromatic nitrogens is 2. The van der Waals surface area contributed by atoms with Gasteiger partial charge in [0.15, 0.2) is 0 Å². The largest absolute Gasteiger partial charge is 0.496 e. The van der Waals surface area contributed by atoms with Crippen LogP contribution in [0.2, 0.25) is 5.02 Å². The molecule has 0 spiro atoms. The summed E-state index contributed by atoms with van der Waals surface area (Å²) in [5.41, 5.74) is 3.67. The minimum absolute atomic E-state index is 0.225. The smallest absolute Gasteiger partial charge is 0.134 e. The second-order valence-corrected chi connectivity index (χ2v) is 5.41. The number of rotatable bonds is 6. The Hall–Kier alpha value is -1.08. The molecule has 0 amide bonds. The molecule has 104 valence electrons. The van der Waals surface area contributed by atoms with Crippen LogP contribution in [0.25, 0.3) is 0 Å². The first-order valence-electron chi connectivity index (χ1n) is 6.01. The summed E-state index contributed by atoms with van der Waals surface area (Å²) in [7, 11) is 1.64. The minimum atomic E-state index is -0.225. The van der Waals surface area contributed by atoms with Gasteiger partial charge >= 0.3 is 0 Å². The maximum absolute atomic E-state index is 6.25. The second kappa shape index (κ2) is 6.38. The van der Waals surface area contributed by atoms with E-state index in [1.807, 2.05) is 16.1 Å². The molecule has 2 aromatic rings. The molecule has 2 heterocycles. The first kappa shape index (κ1) is 14.3. The summed E-state index contributed by atoms with van der Waals surface area (Å²) in [5.74, 6) is 6.51. The number of hydrogen-bond donors (Lipinski definition) is 2. The number of halogens is 1. The van der Waals surface area contributed by atoms with Gasteiger partial charge in [0.1, 0.15) is 11.8 Å². The van der Waals surface area contributed by atoms with E-state index in [0.717, 1.165) is 29.3 Å². The van der Waals surface area contributed by atoms with Crippen LogP contribution in [-0.2, 0) is 6.54 Å². The number of thiophene rings is 1. The first-order valence-corrected chi connectivity index (χ1v) is 7.27. The Balaban J connectivity index is 2.45. The summed E-state index contributed by atoms with van der Waals surface area (Å²) in [6.45, 7) is 2.89. The predicted octanol–water partition coefficient (Wildman–Crippen LogP) is 2.57. The highest BCUT2D eigenvalue weighted by Gasteiger charge is 2.24. The lowest BCUT2D eigenvalue weighted by molar-refractivity contribution is 0.405. The average Bonchev–Trinajstić information content (AvgIpc) is 3.01. The average molecular weight is 301 g/mol. The lowest BCUT2D eigenvalue weighted by Crippen LogP contribution is -2.30. The molecule has 0 aliphatic carbocycles. The Morgan fingerprint density at radius 2 is 2.42 bits per heavy atom. The van der Waals surface area contributed by atoms with Crippen molar-refractivity contribution >= 4 is 22.9 Å². The van der Waals surface area contributed by atoms with Crippen LogP contribution in [-0.4, -0.2) is 16.9 Å². The van der Waals surface area contributed by atoms with Gasteiger partial charge in [-0.3, -0.25) is 10.5 Å². The molecule has 1 unspecified atom stereocenters. The molecule has 0 saturated heterocycles. The van der Waals surface area contributed by atoms with Gasteiger partial charge in [0.2, 0.25) is 0 Å². The summed E-state index contributed by atoms with van der Waals surface area (Å²) in [6, 6.07) is 1.69. The molecule has 0 aliphatic rings. The van der Waals surface area contributed by atoms with Crippen LogP contribution < -0.4 is 16.0 Å². The molecule has 0 saturated carbocycles. The second-order valence-electron chi connectivity index (χ2n) is 4.05. The van der Waals surface area contributed by atoms with Crippen molar-refractivity contribution in [2.45, 2.75) is 25.9 Å². The molecular formula is C12H17ClN4OS. The maximum atomic E-state index is 6.25. The fourth-order valence-electron chi connectivity index (χ4n) is 2.02. The summed E-state index contributed by atoms with van der Waals surface area (Å²) in [5, 5.41) is 6.86. The molecule has 1 atom stereocenters. The van der Waals surface area contributed by atoms with E-state index in [1.165, 1.54) is 0 Å². The van der Waals surface area contributed by atoms with Crippen LogP contribution in [0.1, 0.15) is 30.0 Å². The number of hydrogen-bond acceptors (Lipinski definition) is 5. The molecule has 5 nitrogen and oxygen atoms in total. The van der Waals surface area contributed by atoms with Crippen molar-refractivity contribution in [3.63, 3.8) is 0 Å². The number of nitrogens with zero attached hydrogens (tertiary/aromatic N) is 2. The number of ether oxygens (including phenoxy) is 1. The highest BCUT2D eigenvalue weighted by atomic mass is 35.5. The van der Waals surface area contributed by atoms with Gasteiger partial charge < -0.3 is 4.74 Å². The zero-order chi connectivity index (χ0) is 13.8. The Morgan fingerprint density at radius 1 is 1.63 bits per heavy atom. The van der Waals surface area contributed by atoms with E-state index in [4.69, 9.17) is 22.2 Å². The molecule has 0 bridgehead atoms. The SMILES string of the molecule is CCCn1ncc(Cl)c1C(NN)c1sccc1OC. The van der Waals surface area contributed by atoms with Gasteiger partial charge in [-0.2, -0.15) is 5.10 Å². The number of nitrogens with two attached hydrogens (primary N) is 1. The maximum Gasteiger partial charge on any atom is 0.134 e. The third-order valence-electron chi connectivity index (χ3n) is 2.85. The molecule has 19 heavy (non-hydrogen) atoms. The van der Waals surface area contributed by atoms with E-state index in [9.17, 15) is 0 Å². The van der Waals surface area contributed by atoms with Crippen LogP contribution in [0.5, 0.6) is 5.75 Å². The third-order valence-corrected chi connectivity index (χ3v) is 4.10. The number of methoxy groups -OCH3 is 1. The van der Waals surface area contributed by atoms with Crippen molar-refractivity contribution in [1.82, 2.24) is 15.2 Å². The third kappa shape index (κ3) is 2.76. The van der Waals surface area contributed by atoms with E-state index >= 15 is 0 Å². The van der Waals surface area contributed by atoms with Gasteiger partial charge in [-0.05, 0) is 17.9 Å². The van der Waals surface area contributed by atoms with E-state index in [-0.39, 0.29) is 6.04 Å². The monoisotopic (exact) mass is 300 g/mol. The number of hydrazine groups is 1. The highest BCUT2D eigenvalue weighted by molar-refractivity contribution is 7.10. The Bertz CT molecular complexity index is 540. The van der Waals surface area contributed by atoms with E-state index in [2.05, 4.69) is 17.4 Å². The van der Waals surface area contributed by atoms with E-state index < -0.39 is 0 Å². The van der Waals surface area contributed by atoms with Crippen LogP contribution in [0.4, 0.5) is 0 Å². The number of aryl methyl sites for hydroxylation is 1. The van der Waals surface area contributed by atoms with Gasteiger partial charge in [0.25, 0.3) is 0 Å². The summed E-state index contributed by atoms with van der Waals surface area (Å²) < 4.78 is 7.23. The molecular weight excluding hydrogens is 284 g/mol. The molecule has 0 aromatic carbocycles. The van der Waals surface area contributed by atoms with Crippen LogP contribution in [0.3, 0.4) is 0 Å². The zero-order valence-electron chi connectivity index (χ0n) is 10.9. The van der Waals surface area contributed by atoms with Gasteiger partial charge in [0.05, 0.1) is 28.9 Å². The quantitative estimate of drug-likeness (QED) is 0.636. The van der Waals surface area contributed by atoms with E-state index in [0.29, 0.717) is 5.02 Å². The van der Waals surface area contributed by atoms with Crippen molar-refractivity contribution < 1.29 is 4.74 Å². The zero-order valence-corrected chi connectivity index (χ0v) is 12.5. The van der Waals surface area contributed by atoms with Crippen LogP contribution in [0.15, 0.2) is 17.6 Å². The van der Waals surface area contributed by atoms with Crippen molar-refractivity contribution in [3.8, 4) is 5.75 Å². The van der Waals surface area contributed by atoms with Crippen LogP contribution in [0, 0.1) is 0 Å². The Morgan fingerprint density at radius 3 is 3.05 bits per heavy atom. The molecule has 0 fully saturated rings. The highest BCUT2D eigenvalue weighted by Crippen LogP contribution is 2.36. The summed E-state index contributed by atoms with van der Waals surface area (Å²) in [4.78, 5) is 0.991. The minimum Gasteiger partial charge on any atom is -0.496 e. The topological polar surface area (TPSA) is 65.1 Å². The van der Waals surface area contributed by atoms with Gasteiger partial charge in [-0.25, -0.2) is 5.43 Å². The standard InChI is InChI=1S/C12H17ClN4OS/c1-3-5-17-11(8(13)7-15-17)10(16-14)12-9(18-2)4-6-19-12/h4,6-7,10,16H,3,5,14H2,1-2H3. The van der Waals surface area contributed by atoms with E-state index in [1.54, 1.807) is 24.6 Å². The van der Waals surface area contributed by atoms with Gasteiger partial charge in [-0.1, -0.05) is 18.5 Å². The van der Waals surface area contributed by atoms with Gasteiger partial charge in [-0.15, -0.1) is 11.3 Å². The molecule has 0 aliphatic heterocycles. The molecule has 3 N–H and O–H groups in total. The van der Waals surface area contributed by atoms with Gasteiger partial charge in [0, 0.05) is 6.54 Å². The Labute approximate surface area is 121 Å². The molecule has 0 radical (unpaired) electrons.